The molecule has 1 aromatic carbocycles. The van der Waals surface area contributed by atoms with Gasteiger partial charge in [0.2, 0.25) is 0 Å². The lowest BCUT2D eigenvalue weighted by Gasteiger charge is -2.06. The summed E-state index contributed by atoms with van der Waals surface area (Å²) in [5.74, 6) is -0.300. The fourth-order valence-corrected chi connectivity index (χ4v) is 1.76. The van der Waals surface area contributed by atoms with Crippen LogP contribution in [-0.2, 0) is 0 Å². The highest BCUT2D eigenvalue weighted by molar-refractivity contribution is 9.10. The number of aromatic nitrogens is 1. The van der Waals surface area contributed by atoms with Crippen LogP contribution in [0, 0.1) is 18.3 Å². The van der Waals surface area contributed by atoms with Crippen LogP contribution in [0.2, 0.25) is 0 Å². The van der Waals surface area contributed by atoms with Gasteiger partial charge in [-0.3, -0.25) is 4.79 Å². The van der Waals surface area contributed by atoms with Crippen LogP contribution in [0.5, 0.6) is 0 Å². The molecule has 4 nitrogen and oxygen atoms in total. The first-order valence-corrected chi connectivity index (χ1v) is 6.33. The molecule has 0 saturated carbocycles. The third kappa shape index (κ3) is 3.18. The molecule has 0 unspecified atom stereocenters. The van der Waals surface area contributed by atoms with Gasteiger partial charge < -0.3 is 5.32 Å². The van der Waals surface area contributed by atoms with Crippen LogP contribution in [0.3, 0.4) is 0 Å². The molecular formula is C14H10BrN3O. The number of anilines is 1. The van der Waals surface area contributed by atoms with Gasteiger partial charge in [0.25, 0.3) is 5.91 Å². The van der Waals surface area contributed by atoms with Crippen molar-refractivity contribution in [2.24, 2.45) is 0 Å². The average Bonchev–Trinajstić information content (AvgIpc) is 2.43. The first kappa shape index (κ1) is 13.2. The number of nitriles is 1. The standard InChI is InChI=1S/C14H10BrN3O/c1-9-6-11(3-4-12(9)15)18-14(19)13-5-2-10(7-16)8-17-13/h2-6,8H,1H3,(H,18,19). The lowest BCUT2D eigenvalue weighted by Crippen LogP contribution is -2.13. The summed E-state index contributed by atoms with van der Waals surface area (Å²) in [5.41, 5.74) is 2.44. The SMILES string of the molecule is Cc1cc(NC(=O)c2ccc(C#N)cn2)ccc1Br. The van der Waals surface area contributed by atoms with E-state index in [1.807, 2.05) is 25.1 Å². The van der Waals surface area contributed by atoms with E-state index in [1.54, 1.807) is 12.1 Å². The second kappa shape index (κ2) is 5.63. The molecule has 0 aliphatic heterocycles. The van der Waals surface area contributed by atoms with Gasteiger partial charge in [0.15, 0.2) is 0 Å². The van der Waals surface area contributed by atoms with Gasteiger partial charge in [0.1, 0.15) is 11.8 Å². The number of rotatable bonds is 2. The van der Waals surface area contributed by atoms with E-state index in [-0.39, 0.29) is 11.6 Å². The highest BCUT2D eigenvalue weighted by Gasteiger charge is 2.08. The molecule has 94 valence electrons. The van der Waals surface area contributed by atoms with Gasteiger partial charge >= 0.3 is 0 Å². The molecule has 1 aromatic heterocycles. The van der Waals surface area contributed by atoms with Crippen LogP contribution in [-0.4, -0.2) is 10.9 Å². The third-order valence-corrected chi connectivity index (χ3v) is 3.43. The topological polar surface area (TPSA) is 65.8 Å². The van der Waals surface area contributed by atoms with Gasteiger partial charge in [-0.2, -0.15) is 5.26 Å². The maximum atomic E-state index is 11.9. The van der Waals surface area contributed by atoms with Crippen LogP contribution in [0.15, 0.2) is 41.0 Å². The van der Waals surface area contributed by atoms with Crippen LogP contribution in [0.25, 0.3) is 0 Å². The molecule has 1 N–H and O–H groups in total. The van der Waals surface area contributed by atoms with Gasteiger partial charge in [0.05, 0.1) is 5.56 Å². The Hall–Kier alpha value is -2.19. The van der Waals surface area contributed by atoms with E-state index in [0.29, 0.717) is 11.3 Å². The Morgan fingerprint density at radius 1 is 1.37 bits per heavy atom. The number of pyridine rings is 1. The molecule has 2 aromatic rings. The Morgan fingerprint density at radius 2 is 2.16 bits per heavy atom. The lowest BCUT2D eigenvalue weighted by molar-refractivity contribution is 0.102. The first-order chi connectivity index (χ1) is 9.10. The number of benzene rings is 1. The zero-order valence-electron chi connectivity index (χ0n) is 10.1. The maximum Gasteiger partial charge on any atom is 0.274 e. The monoisotopic (exact) mass is 315 g/mol. The zero-order chi connectivity index (χ0) is 13.8. The molecule has 2 rings (SSSR count). The minimum absolute atomic E-state index is 0.277. The molecule has 0 spiro atoms. The molecule has 19 heavy (non-hydrogen) atoms. The largest absolute Gasteiger partial charge is 0.321 e. The number of amides is 1. The number of hydrogen-bond donors (Lipinski definition) is 1. The van der Waals surface area contributed by atoms with Crippen molar-refractivity contribution in [3.05, 3.63) is 57.8 Å². The van der Waals surface area contributed by atoms with E-state index in [4.69, 9.17) is 5.26 Å². The van der Waals surface area contributed by atoms with E-state index in [1.165, 1.54) is 12.3 Å². The number of nitrogens with one attached hydrogen (secondary N) is 1. The van der Waals surface area contributed by atoms with Crippen LogP contribution in [0.4, 0.5) is 5.69 Å². The average molecular weight is 316 g/mol. The number of aryl methyl sites for hydroxylation is 1. The smallest absolute Gasteiger partial charge is 0.274 e. The highest BCUT2D eigenvalue weighted by Crippen LogP contribution is 2.20. The zero-order valence-corrected chi connectivity index (χ0v) is 11.7. The van der Waals surface area contributed by atoms with Gasteiger partial charge in [-0.25, -0.2) is 4.98 Å². The van der Waals surface area contributed by atoms with Crippen molar-refractivity contribution in [2.45, 2.75) is 6.92 Å². The van der Waals surface area contributed by atoms with Gasteiger partial charge in [-0.05, 0) is 42.8 Å². The number of hydrogen-bond acceptors (Lipinski definition) is 3. The molecule has 0 aliphatic carbocycles. The van der Waals surface area contributed by atoms with Gasteiger partial charge in [-0.1, -0.05) is 15.9 Å². The van der Waals surface area contributed by atoms with E-state index < -0.39 is 0 Å². The summed E-state index contributed by atoms with van der Waals surface area (Å²) in [6.45, 7) is 1.94. The fraction of sp³-hybridized carbons (Fsp3) is 0.0714. The minimum Gasteiger partial charge on any atom is -0.321 e. The molecule has 5 heteroatoms. The number of carbonyl (C=O) groups excluding carboxylic acids is 1. The van der Waals surface area contributed by atoms with E-state index in [0.717, 1.165) is 10.0 Å². The summed E-state index contributed by atoms with van der Waals surface area (Å²) in [4.78, 5) is 15.9. The molecule has 1 heterocycles. The Balaban J connectivity index is 2.16. The number of halogens is 1. The Morgan fingerprint density at radius 3 is 2.74 bits per heavy atom. The molecule has 0 bridgehead atoms. The Kier molecular flexibility index (Phi) is 3.93. The van der Waals surface area contributed by atoms with Crippen LogP contribution < -0.4 is 5.32 Å². The predicted octanol–water partition coefficient (Wildman–Crippen LogP) is 3.28. The van der Waals surface area contributed by atoms with Crippen molar-refractivity contribution in [3.63, 3.8) is 0 Å². The predicted molar refractivity (Wildman–Crippen MR) is 75.8 cm³/mol. The van der Waals surface area contributed by atoms with E-state index in [2.05, 4.69) is 26.2 Å². The lowest BCUT2D eigenvalue weighted by atomic mass is 10.2. The number of nitrogens with zero attached hydrogens (tertiary/aromatic N) is 2. The summed E-state index contributed by atoms with van der Waals surface area (Å²) < 4.78 is 0.988. The summed E-state index contributed by atoms with van der Waals surface area (Å²) in [6, 6.07) is 10.6. The molecule has 1 amide bonds. The first-order valence-electron chi connectivity index (χ1n) is 5.54. The molecule has 0 fully saturated rings. The van der Waals surface area contributed by atoms with Crippen molar-refractivity contribution in [3.8, 4) is 6.07 Å². The van der Waals surface area contributed by atoms with E-state index >= 15 is 0 Å². The van der Waals surface area contributed by atoms with Gasteiger partial charge in [-0.15, -0.1) is 0 Å². The minimum atomic E-state index is -0.300. The summed E-state index contributed by atoms with van der Waals surface area (Å²) in [5, 5.41) is 11.4. The fourth-order valence-electron chi connectivity index (χ4n) is 1.51. The Bertz CT molecular complexity index is 659. The highest BCUT2D eigenvalue weighted by atomic mass is 79.9. The van der Waals surface area contributed by atoms with Gasteiger partial charge in [0, 0.05) is 16.4 Å². The van der Waals surface area contributed by atoms with E-state index in [9.17, 15) is 4.79 Å². The quantitative estimate of drug-likeness (QED) is 0.924. The van der Waals surface area contributed by atoms with Crippen molar-refractivity contribution >= 4 is 27.5 Å². The normalized spacial score (nSPS) is 9.74. The van der Waals surface area contributed by atoms with Crippen molar-refractivity contribution < 1.29 is 4.79 Å². The molecule has 0 radical (unpaired) electrons. The second-order valence-corrected chi connectivity index (χ2v) is 4.82. The van der Waals surface area contributed by atoms with Crippen LogP contribution in [0.1, 0.15) is 21.6 Å². The summed E-state index contributed by atoms with van der Waals surface area (Å²) >= 11 is 3.40. The second-order valence-electron chi connectivity index (χ2n) is 3.96. The molecule has 0 atom stereocenters. The molecular weight excluding hydrogens is 306 g/mol. The number of carbonyl (C=O) groups is 1. The summed E-state index contributed by atoms with van der Waals surface area (Å²) in [7, 11) is 0. The van der Waals surface area contributed by atoms with Crippen molar-refractivity contribution in [2.75, 3.05) is 5.32 Å². The Labute approximate surface area is 119 Å². The maximum absolute atomic E-state index is 11.9. The van der Waals surface area contributed by atoms with Crippen molar-refractivity contribution in [1.82, 2.24) is 4.98 Å². The van der Waals surface area contributed by atoms with Crippen LogP contribution >= 0.6 is 15.9 Å². The van der Waals surface area contributed by atoms with Crippen molar-refractivity contribution in [1.29, 1.82) is 5.26 Å². The summed E-state index contributed by atoms with van der Waals surface area (Å²) in [6.07, 6.45) is 1.38. The third-order valence-electron chi connectivity index (χ3n) is 2.54. The molecule has 0 saturated heterocycles. The molecule has 0 aliphatic rings.